The molecule has 0 amide bonds. The van der Waals surface area contributed by atoms with E-state index in [-0.39, 0.29) is 24.6 Å². The molecule has 0 unspecified atom stereocenters. The summed E-state index contributed by atoms with van der Waals surface area (Å²) in [6, 6.07) is 3.65. The van der Waals surface area contributed by atoms with Crippen molar-refractivity contribution in [1.29, 1.82) is 0 Å². The second-order valence-corrected chi connectivity index (χ2v) is 3.95. The van der Waals surface area contributed by atoms with E-state index < -0.39 is 5.97 Å². The Labute approximate surface area is 113 Å². The van der Waals surface area contributed by atoms with Crippen molar-refractivity contribution >= 4 is 27.5 Å². The van der Waals surface area contributed by atoms with Gasteiger partial charge in [-0.3, -0.25) is 0 Å². The molecule has 78 valence electrons. The molecule has 0 saturated heterocycles. The summed E-state index contributed by atoms with van der Waals surface area (Å²) in [6.45, 7) is 1.89. The fourth-order valence-corrected chi connectivity index (χ4v) is 2.02. The first-order chi connectivity index (χ1) is 7.15. The maximum absolute atomic E-state index is 10.9. The number of carbonyl (C=O) groups excluding carboxylic acids is 1. The van der Waals surface area contributed by atoms with Gasteiger partial charge in [-0.2, -0.15) is 0 Å². The average Bonchev–Trinajstić information content (AvgIpc) is 2.57. The zero-order valence-corrected chi connectivity index (χ0v) is 10.6. The van der Waals surface area contributed by atoms with Crippen LogP contribution in [0.4, 0.5) is 0 Å². The predicted molar refractivity (Wildman–Crippen MR) is 56.6 cm³/mol. The molecule has 0 aromatic carbocycles. The fourth-order valence-electron chi connectivity index (χ4n) is 1.58. The van der Waals surface area contributed by atoms with Crippen LogP contribution in [0.25, 0.3) is 5.65 Å². The van der Waals surface area contributed by atoms with Crippen molar-refractivity contribution in [2.45, 2.75) is 13.3 Å². The molecule has 0 fully saturated rings. The Kier molecular flexibility index (Phi) is 4.19. The summed E-state index contributed by atoms with van der Waals surface area (Å²) in [6.07, 6.45) is 2.39. The largest absolute Gasteiger partial charge is 1.00 e. The van der Waals surface area contributed by atoms with E-state index in [1.807, 2.05) is 19.1 Å². The third-order valence-electron chi connectivity index (χ3n) is 2.23. The van der Waals surface area contributed by atoms with Crippen molar-refractivity contribution in [3.8, 4) is 0 Å². The SMILES string of the molecule is CCc1c(C(=O)[O-])nc2c(Br)cccn12.[Li+]. The zero-order valence-electron chi connectivity index (χ0n) is 9.03. The molecule has 0 aliphatic heterocycles. The van der Waals surface area contributed by atoms with Gasteiger partial charge in [0.15, 0.2) is 5.65 Å². The van der Waals surface area contributed by atoms with Crippen molar-refractivity contribution in [2.24, 2.45) is 0 Å². The minimum Gasteiger partial charge on any atom is -0.543 e. The second-order valence-electron chi connectivity index (χ2n) is 3.10. The number of hydrogen-bond donors (Lipinski definition) is 0. The predicted octanol–water partition coefficient (Wildman–Crippen LogP) is -1.97. The van der Waals surface area contributed by atoms with Gasteiger partial charge in [0.2, 0.25) is 0 Å². The van der Waals surface area contributed by atoms with Crippen molar-refractivity contribution in [2.75, 3.05) is 0 Å². The van der Waals surface area contributed by atoms with E-state index in [4.69, 9.17) is 0 Å². The van der Waals surface area contributed by atoms with E-state index in [0.717, 1.165) is 4.47 Å². The number of aromatic carboxylic acids is 1. The third kappa shape index (κ3) is 2.03. The van der Waals surface area contributed by atoms with Crippen LogP contribution in [0, 0.1) is 0 Å². The van der Waals surface area contributed by atoms with E-state index in [0.29, 0.717) is 17.8 Å². The number of pyridine rings is 1. The molecule has 16 heavy (non-hydrogen) atoms. The topological polar surface area (TPSA) is 57.4 Å². The summed E-state index contributed by atoms with van der Waals surface area (Å²) in [5, 5.41) is 10.9. The van der Waals surface area contributed by atoms with Gasteiger partial charge in [0.05, 0.1) is 16.1 Å². The molecule has 0 spiro atoms. The van der Waals surface area contributed by atoms with Gasteiger partial charge in [-0.05, 0) is 34.5 Å². The van der Waals surface area contributed by atoms with E-state index >= 15 is 0 Å². The molecule has 0 aliphatic rings. The molecule has 2 heterocycles. The Morgan fingerprint density at radius 3 is 2.88 bits per heavy atom. The van der Waals surface area contributed by atoms with Crippen LogP contribution in [0.5, 0.6) is 0 Å². The Hall–Kier alpha value is -0.763. The number of fused-ring (bicyclic) bond motifs is 1. The van der Waals surface area contributed by atoms with Crippen LogP contribution in [-0.2, 0) is 6.42 Å². The normalized spacial score (nSPS) is 10.1. The van der Waals surface area contributed by atoms with Crippen LogP contribution in [0.1, 0.15) is 23.1 Å². The van der Waals surface area contributed by atoms with Crippen LogP contribution in [0.3, 0.4) is 0 Å². The fraction of sp³-hybridized carbons (Fsp3) is 0.200. The molecule has 0 N–H and O–H groups in total. The van der Waals surface area contributed by atoms with Crippen LogP contribution < -0.4 is 24.0 Å². The maximum Gasteiger partial charge on any atom is 1.00 e. The first-order valence-corrected chi connectivity index (χ1v) is 5.31. The summed E-state index contributed by atoms with van der Waals surface area (Å²) in [4.78, 5) is 14.9. The van der Waals surface area contributed by atoms with E-state index in [2.05, 4.69) is 20.9 Å². The van der Waals surface area contributed by atoms with Crippen LogP contribution >= 0.6 is 15.9 Å². The molecule has 2 aromatic heterocycles. The molecule has 2 aromatic rings. The standard InChI is InChI=1S/C10H9BrN2O2.Li/c1-2-7-8(10(14)15)12-9-6(11)4-3-5-13(7)9;/h3-5H,2H2,1H3,(H,14,15);/q;+1/p-1. The number of rotatable bonds is 2. The van der Waals surface area contributed by atoms with Crippen molar-refractivity contribution in [1.82, 2.24) is 9.38 Å². The number of nitrogens with zero attached hydrogens (tertiary/aromatic N) is 2. The number of carboxylic acid groups (broad SMARTS) is 1. The van der Waals surface area contributed by atoms with E-state index in [1.165, 1.54) is 0 Å². The molecule has 0 atom stereocenters. The second kappa shape index (κ2) is 5.05. The van der Waals surface area contributed by atoms with Crippen LogP contribution in [-0.4, -0.2) is 15.4 Å². The van der Waals surface area contributed by atoms with Gasteiger partial charge >= 0.3 is 18.9 Å². The molecule has 6 heteroatoms. The summed E-state index contributed by atoms with van der Waals surface area (Å²) < 4.78 is 2.53. The number of aryl methyl sites for hydroxylation is 1. The van der Waals surface area contributed by atoms with Crippen molar-refractivity contribution in [3.63, 3.8) is 0 Å². The van der Waals surface area contributed by atoms with Crippen molar-refractivity contribution < 1.29 is 28.8 Å². The van der Waals surface area contributed by atoms with Gasteiger partial charge in [-0.1, -0.05) is 6.92 Å². The van der Waals surface area contributed by atoms with Gasteiger partial charge in [0.25, 0.3) is 0 Å². The minimum atomic E-state index is -1.23. The average molecular weight is 275 g/mol. The first kappa shape index (κ1) is 13.3. The molecule has 0 bridgehead atoms. The Morgan fingerprint density at radius 1 is 1.62 bits per heavy atom. The smallest absolute Gasteiger partial charge is 0.543 e. The van der Waals surface area contributed by atoms with Gasteiger partial charge < -0.3 is 14.3 Å². The van der Waals surface area contributed by atoms with E-state index in [1.54, 1.807) is 10.6 Å². The van der Waals surface area contributed by atoms with Gasteiger partial charge in [0.1, 0.15) is 5.69 Å². The van der Waals surface area contributed by atoms with E-state index in [9.17, 15) is 9.90 Å². The molecule has 4 nitrogen and oxygen atoms in total. The molecule has 2 rings (SSSR count). The molecule has 0 radical (unpaired) electrons. The van der Waals surface area contributed by atoms with Gasteiger partial charge in [-0.15, -0.1) is 0 Å². The number of imidazole rings is 1. The number of halogens is 1. The Bertz CT molecular complexity index is 539. The number of aromatic nitrogens is 2. The molecular formula is C10H8BrLiN2O2. The number of hydrogen-bond acceptors (Lipinski definition) is 3. The molecular weight excluding hydrogens is 267 g/mol. The van der Waals surface area contributed by atoms with Crippen molar-refractivity contribution in [3.05, 3.63) is 34.2 Å². The Balaban J connectivity index is 0.00000128. The minimum absolute atomic E-state index is 0. The monoisotopic (exact) mass is 274 g/mol. The maximum atomic E-state index is 10.9. The van der Waals surface area contributed by atoms with Gasteiger partial charge in [-0.25, -0.2) is 4.98 Å². The Morgan fingerprint density at radius 2 is 2.31 bits per heavy atom. The number of carbonyl (C=O) groups is 1. The molecule has 0 saturated carbocycles. The summed E-state index contributed by atoms with van der Waals surface area (Å²) >= 11 is 3.33. The quantitative estimate of drug-likeness (QED) is 0.597. The van der Waals surface area contributed by atoms with Crippen LogP contribution in [0.15, 0.2) is 22.8 Å². The summed E-state index contributed by atoms with van der Waals surface area (Å²) in [5.41, 5.74) is 1.28. The molecule has 0 aliphatic carbocycles. The third-order valence-corrected chi connectivity index (χ3v) is 2.85. The first-order valence-electron chi connectivity index (χ1n) is 4.52. The van der Waals surface area contributed by atoms with Gasteiger partial charge in [0, 0.05) is 6.20 Å². The number of carboxylic acids is 1. The zero-order chi connectivity index (χ0) is 11.0. The summed E-state index contributed by atoms with van der Waals surface area (Å²) in [7, 11) is 0. The summed E-state index contributed by atoms with van der Waals surface area (Å²) in [5.74, 6) is -1.23. The van der Waals surface area contributed by atoms with Crippen LogP contribution in [0.2, 0.25) is 0 Å².